The van der Waals surface area contributed by atoms with Gasteiger partial charge in [-0.15, -0.1) is 0 Å². The van der Waals surface area contributed by atoms with Gasteiger partial charge < -0.3 is 15.5 Å². The number of piperazine rings is 1. The maximum Gasteiger partial charge on any atom is 0.292 e. The number of anilines is 2. The first-order valence-corrected chi connectivity index (χ1v) is 10.1. The molecule has 154 valence electrons. The predicted octanol–water partition coefficient (Wildman–Crippen LogP) is 2.96. The molecule has 7 nitrogen and oxygen atoms in total. The summed E-state index contributed by atoms with van der Waals surface area (Å²) in [6.45, 7) is 2.85. The maximum absolute atomic E-state index is 12.8. The highest BCUT2D eigenvalue weighted by atomic mass is 35.5. The van der Waals surface area contributed by atoms with Crippen molar-refractivity contribution in [2.24, 2.45) is 5.73 Å². The molecule has 0 unspecified atom stereocenters. The number of hydrogen-bond acceptors (Lipinski definition) is 5. The molecule has 1 aromatic heterocycles. The second-order valence-corrected chi connectivity index (χ2v) is 7.74. The maximum atomic E-state index is 12.8. The molecule has 30 heavy (non-hydrogen) atoms. The Bertz CT molecular complexity index is 1120. The Balaban J connectivity index is 1.49. The fraction of sp³-hybridized carbons (Fsp3) is 0.190. The van der Waals surface area contributed by atoms with Gasteiger partial charge in [-0.05, 0) is 48.5 Å². The number of benzene rings is 2. The molecule has 0 radical (unpaired) electrons. The van der Waals surface area contributed by atoms with Crippen LogP contribution in [0.5, 0.6) is 0 Å². The highest BCUT2D eigenvalue weighted by molar-refractivity contribution is 6.33. The van der Waals surface area contributed by atoms with Gasteiger partial charge in [-0.2, -0.15) is 9.78 Å². The summed E-state index contributed by atoms with van der Waals surface area (Å²) in [7, 11) is 0. The number of aromatic nitrogens is 2. The minimum absolute atomic E-state index is 0.138. The number of nitrogens with two attached hydrogens (primary N) is 1. The Hall–Kier alpha value is -3.03. The van der Waals surface area contributed by atoms with Gasteiger partial charge in [0.25, 0.3) is 5.56 Å². The molecule has 2 aromatic carbocycles. The number of halogens is 2. The zero-order chi connectivity index (χ0) is 21.3. The van der Waals surface area contributed by atoms with Crippen molar-refractivity contribution in [3.8, 4) is 5.69 Å². The van der Waals surface area contributed by atoms with Crippen molar-refractivity contribution in [3.63, 3.8) is 0 Å². The molecular weight excluding hydrogens is 425 g/mol. The number of carbonyl (C=O) groups excluding carboxylic acids is 1. The SMILES string of the molecule is NC(=O)c1ccc(N2CCN(c3cnn(-c4ccc(Cl)cc4)c(=O)c3Cl)CC2)cc1. The first-order valence-electron chi connectivity index (χ1n) is 9.37. The van der Waals surface area contributed by atoms with Crippen molar-refractivity contribution in [1.82, 2.24) is 9.78 Å². The third kappa shape index (κ3) is 3.99. The van der Waals surface area contributed by atoms with E-state index in [1.54, 1.807) is 42.6 Å². The van der Waals surface area contributed by atoms with Gasteiger partial charge in [0.05, 0.1) is 17.6 Å². The van der Waals surface area contributed by atoms with Crippen molar-refractivity contribution in [3.05, 3.63) is 80.7 Å². The molecule has 4 rings (SSSR count). The average molecular weight is 444 g/mol. The molecule has 1 amide bonds. The number of rotatable bonds is 4. The summed E-state index contributed by atoms with van der Waals surface area (Å²) in [5, 5.41) is 5.01. The second kappa shape index (κ2) is 8.38. The summed E-state index contributed by atoms with van der Waals surface area (Å²) in [6, 6.07) is 14.0. The Morgan fingerprint density at radius 2 is 1.43 bits per heavy atom. The molecule has 0 aliphatic carbocycles. The van der Waals surface area contributed by atoms with Crippen LogP contribution in [0.1, 0.15) is 10.4 Å². The van der Waals surface area contributed by atoms with Crippen LogP contribution in [-0.2, 0) is 0 Å². The summed E-state index contributed by atoms with van der Waals surface area (Å²) in [5.41, 5.74) is 7.64. The quantitative estimate of drug-likeness (QED) is 0.669. The van der Waals surface area contributed by atoms with E-state index in [4.69, 9.17) is 28.9 Å². The second-order valence-electron chi connectivity index (χ2n) is 6.92. The molecule has 1 aliphatic heterocycles. The average Bonchev–Trinajstić information content (AvgIpc) is 2.77. The van der Waals surface area contributed by atoms with Crippen LogP contribution in [0.2, 0.25) is 10.0 Å². The van der Waals surface area contributed by atoms with Crippen LogP contribution in [-0.4, -0.2) is 41.9 Å². The van der Waals surface area contributed by atoms with E-state index in [2.05, 4.69) is 14.9 Å². The van der Waals surface area contributed by atoms with Crippen LogP contribution in [0.25, 0.3) is 5.69 Å². The highest BCUT2D eigenvalue weighted by Gasteiger charge is 2.22. The van der Waals surface area contributed by atoms with Gasteiger partial charge in [0.1, 0.15) is 5.02 Å². The van der Waals surface area contributed by atoms with Gasteiger partial charge in [-0.25, -0.2) is 0 Å². The highest BCUT2D eigenvalue weighted by Crippen LogP contribution is 2.25. The Labute approximate surface area is 183 Å². The van der Waals surface area contributed by atoms with Crippen molar-refractivity contribution in [2.75, 3.05) is 36.0 Å². The van der Waals surface area contributed by atoms with E-state index >= 15 is 0 Å². The zero-order valence-electron chi connectivity index (χ0n) is 16.0. The zero-order valence-corrected chi connectivity index (χ0v) is 17.5. The van der Waals surface area contributed by atoms with Gasteiger partial charge in [0, 0.05) is 42.5 Å². The topological polar surface area (TPSA) is 84.5 Å². The molecular formula is C21H19Cl2N5O2. The normalized spacial score (nSPS) is 14.1. The summed E-state index contributed by atoms with van der Waals surface area (Å²) < 4.78 is 1.26. The monoisotopic (exact) mass is 443 g/mol. The van der Waals surface area contributed by atoms with E-state index in [1.807, 2.05) is 12.1 Å². The smallest absolute Gasteiger partial charge is 0.292 e. The van der Waals surface area contributed by atoms with E-state index in [1.165, 1.54) is 4.68 Å². The molecule has 0 bridgehead atoms. The standard InChI is InChI=1S/C21H19Cl2N5O2/c22-15-3-7-17(8-4-15)28-21(30)19(23)18(13-25-28)27-11-9-26(10-12-27)16-5-1-14(2-6-16)20(24)29/h1-8,13H,9-12H2,(H2,24,29). The van der Waals surface area contributed by atoms with E-state index < -0.39 is 5.91 Å². The fourth-order valence-corrected chi connectivity index (χ4v) is 3.83. The molecule has 1 fully saturated rings. The molecule has 9 heteroatoms. The summed E-state index contributed by atoms with van der Waals surface area (Å²) in [4.78, 5) is 28.2. The largest absolute Gasteiger partial charge is 0.368 e. The van der Waals surface area contributed by atoms with E-state index in [0.717, 1.165) is 18.8 Å². The molecule has 3 aromatic rings. The Morgan fingerprint density at radius 1 is 0.867 bits per heavy atom. The van der Waals surface area contributed by atoms with Crippen LogP contribution < -0.4 is 21.1 Å². The van der Waals surface area contributed by atoms with Gasteiger partial charge in [-0.1, -0.05) is 23.2 Å². The van der Waals surface area contributed by atoms with Gasteiger partial charge >= 0.3 is 0 Å². The van der Waals surface area contributed by atoms with Gasteiger partial charge in [0.15, 0.2) is 0 Å². The molecule has 2 heterocycles. The van der Waals surface area contributed by atoms with Gasteiger partial charge in [0.2, 0.25) is 5.91 Å². The number of amides is 1. The summed E-state index contributed by atoms with van der Waals surface area (Å²) in [6.07, 6.45) is 1.62. The van der Waals surface area contributed by atoms with E-state index in [9.17, 15) is 9.59 Å². The number of carbonyl (C=O) groups is 1. The Kier molecular flexibility index (Phi) is 5.65. The molecule has 0 atom stereocenters. The van der Waals surface area contributed by atoms with Crippen molar-refractivity contribution < 1.29 is 4.79 Å². The van der Waals surface area contributed by atoms with Gasteiger partial charge in [-0.3, -0.25) is 9.59 Å². The van der Waals surface area contributed by atoms with Crippen molar-refractivity contribution in [1.29, 1.82) is 0 Å². The minimum atomic E-state index is -0.443. The summed E-state index contributed by atoms with van der Waals surface area (Å²) >= 11 is 12.3. The van der Waals surface area contributed by atoms with Crippen LogP contribution >= 0.6 is 23.2 Å². The Morgan fingerprint density at radius 3 is 2.03 bits per heavy atom. The first kappa shape index (κ1) is 20.3. The molecule has 1 aliphatic rings. The third-order valence-electron chi connectivity index (χ3n) is 5.11. The van der Waals surface area contributed by atoms with Crippen molar-refractivity contribution in [2.45, 2.75) is 0 Å². The lowest BCUT2D eigenvalue weighted by Gasteiger charge is -2.37. The molecule has 2 N–H and O–H groups in total. The fourth-order valence-electron chi connectivity index (χ4n) is 3.45. The number of hydrogen-bond donors (Lipinski definition) is 1. The number of primary amides is 1. The minimum Gasteiger partial charge on any atom is -0.368 e. The van der Waals surface area contributed by atoms with Crippen LogP contribution in [0.4, 0.5) is 11.4 Å². The number of nitrogens with zero attached hydrogens (tertiary/aromatic N) is 4. The van der Waals surface area contributed by atoms with Crippen LogP contribution in [0.3, 0.4) is 0 Å². The van der Waals surface area contributed by atoms with E-state index in [-0.39, 0.29) is 10.6 Å². The molecule has 0 saturated carbocycles. The third-order valence-corrected chi connectivity index (χ3v) is 5.72. The van der Waals surface area contributed by atoms with Crippen molar-refractivity contribution >= 4 is 40.5 Å². The first-order chi connectivity index (χ1) is 14.4. The predicted molar refractivity (Wildman–Crippen MR) is 119 cm³/mol. The lowest BCUT2D eigenvalue weighted by atomic mass is 10.1. The summed E-state index contributed by atoms with van der Waals surface area (Å²) in [5.74, 6) is -0.443. The van der Waals surface area contributed by atoms with E-state index in [0.29, 0.717) is 35.1 Å². The molecule has 1 saturated heterocycles. The van der Waals surface area contributed by atoms with Crippen LogP contribution in [0.15, 0.2) is 59.5 Å². The molecule has 0 spiro atoms. The van der Waals surface area contributed by atoms with Crippen LogP contribution in [0, 0.1) is 0 Å². The lowest BCUT2D eigenvalue weighted by molar-refractivity contribution is 0.100. The lowest BCUT2D eigenvalue weighted by Crippen LogP contribution is -2.47.